The summed E-state index contributed by atoms with van der Waals surface area (Å²) < 4.78 is 24.5. The molecule has 0 saturated carbocycles. The number of hydrogen-bond acceptors (Lipinski definition) is 3. The molecule has 1 amide bonds. The minimum absolute atomic E-state index is 0.146. The van der Waals surface area contributed by atoms with Gasteiger partial charge < -0.3 is 9.52 Å². The van der Waals surface area contributed by atoms with Crippen LogP contribution in [0.1, 0.15) is 16.7 Å². The molecule has 0 unspecified atom stereocenters. The number of nitrogens with zero attached hydrogens (tertiary/aromatic N) is 2. The average Bonchev–Trinajstić information content (AvgIpc) is 3.63. The predicted molar refractivity (Wildman–Crippen MR) is 161 cm³/mol. The van der Waals surface area contributed by atoms with Crippen molar-refractivity contribution in [1.82, 2.24) is 9.78 Å². The molecular formula is C35H24FN3O3. The summed E-state index contributed by atoms with van der Waals surface area (Å²) in [6.07, 6.45) is -1.36. The molecule has 0 spiro atoms. The first-order chi connectivity index (χ1) is 20.6. The van der Waals surface area contributed by atoms with Crippen LogP contribution in [-0.2, 0) is 5.54 Å². The van der Waals surface area contributed by atoms with E-state index >= 15 is 4.39 Å². The zero-order chi connectivity index (χ0) is 28.7. The average molecular weight is 554 g/mol. The summed E-state index contributed by atoms with van der Waals surface area (Å²) in [5.41, 5.74) is 2.91. The second-order valence-corrected chi connectivity index (χ2v) is 9.97. The molecule has 204 valence electrons. The van der Waals surface area contributed by atoms with Gasteiger partial charge in [0.2, 0.25) is 0 Å². The Labute approximate surface area is 240 Å². The fourth-order valence-electron chi connectivity index (χ4n) is 5.81. The molecule has 5 aromatic carbocycles. The highest BCUT2D eigenvalue weighted by atomic mass is 19.1. The third-order valence-electron chi connectivity index (χ3n) is 7.58. The van der Waals surface area contributed by atoms with Crippen LogP contribution in [-0.4, -0.2) is 21.0 Å². The van der Waals surface area contributed by atoms with Crippen LogP contribution in [0.3, 0.4) is 0 Å². The summed E-state index contributed by atoms with van der Waals surface area (Å²) in [5, 5.41) is 17.7. The van der Waals surface area contributed by atoms with E-state index in [9.17, 15) is 9.90 Å². The lowest BCUT2D eigenvalue weighted by Gasteiger charge is -2.37. The Hall–Kier alpha value is -5.69. The van der Waals surface area contributed by atoms with E-state index in [2.05, 4.69) is 5.32 Å². The number of carbonyl (C=O) groups is 1. The molecule has 2 aromatic heterocycles. The van der Waals surface area contributed by atoms with Gasteiger partial charge in [-0.15, -0.1) is 0 Å². The zero-order valence-corrected chi connectivity index (χ0v) is 22.2. The van der Waals surface area contributed by atoms with E-state index in [0.717, 1.165) is 22.1 Å². The number of hydrogen-bond donors (Lipinski definition) is 2. The van der Waals surface area contributed by atoms with Crippen LogP contribution < -0.4 is 5.32 Å². The SMILES string of the molecule is O=C(O)Nc1ccc2c(c(-c3cc4ccccc4o3)nn2C(c2ccccc2)(c2ccccc2)c2ccccc2)c1F. The quantitative estimate of drug-likeness (QED) is 0.202. The van der Waals surface area contributed by atoms with Crippen molar-refractivity contribution in [3.63, 3.8) is 0 Å². The van der Waals surface area contributed by atoms with E-state index in [0.29, 0.717) is 16.9 Å². The number of benzene rings is 5. The van der Waals surface area contributed by atoms with Crippen LogP contribution >= 0.6 is 0 Å². The fourth-order valence-corrected chi connectivity index (χ4v) is 5.81. The van der Waals surface area contributed by atoms with Crippen molar-refractivity contribution >= 4 is 33.7 Å². The van der Waals surface area contributed by atoms with Gasteiger partial charge in [0.1, 0.15) is 16.8 Å². The molecule has 0 fully saturated rings. The van der Waals surface area contributed by atoms with Gasteiger partial charge in [0.15, 0.2) is 11.6 Å². The summed E-state index contributed by atoms with van der Waals surface area (Å²) in [6.45, 7) is 0. The molecular weight excluding hydrogens is 529 g/mol. The zero-order valence-electron chi connectivity index (χ0n) is 22.2. The van der Waals surface area contributed by atoms with Crippen molar-refractivity contribution < 1.29 is 18.7 Å². The molecule has 0 atom stereocenters. The summed E-state index contributed by atoms with van der Waals surface area (Å²) in [4.78, 5) is 11.5. The largest absolute Gasteiger partial charge is 0.465 e. The highest BCUT2D eigenvalue weighted by Crippen LogP contribution is 2.45. The van der Waals surface area contributed by atoms with E-state index < -0.39 is 17.4 Å². The Kier molecular flexibility index (Phi) is 6.05. The van der Waals surface area contributed by atoms with Crippen molar-refractivity contribution in [3.8, 4) is 11.5 Å². The van der Waals surface area contributed by atoms with Crippen LogP contribution in [0.5, 0.6) is 0 Å². The van der Waals surface area contributed by atoms with E-state index in [1.807, 2.05) is 126 Å². The van der Waals surface area contributed by atoms with Gasteiger partial charge >= 0.3 is 6.09 Å². The number of fused-ring (bicyclic) bond motifs is 2. The Bertz CT molecular complexity index is 1920. The normalized spacial score (nSPS) is 11.6. The monoisotopic (exact) mass is 553 g/mol. The third kappa shape index (κ3) is 3.94. The topological polar surface area (TPSA) is 80.3 Å². The van der Waals surface area contributed by atoms with Gasteiger partial charge in [-0.1, -0.05) is 109 Å². The van der Waals surface area contributed by atoms with Crippen molar-refractivity contribution in [1.29, 1.82) is 0 Å². The second-order valence-electron chi connectivity index (χ2n) is 9.97. The van der Waals surface area contributed by atoms with Crippen molar-refractivity contribution in [3.05, 3.63) is 156 Å². The standard InChI is InChI=1S/C35H24FN3O3/c36-32-27(37-34(40)41)20-21-28-31(32)33(30-22-23-12-10-11-19-29(23)42-30)38-39(28)35(24-13-4-1-5-14-24,25-15-6-2-7-16-25)26-17-8-3-9-18-26/h1-22,37H,(H,40,41). The molecule has 42 heavy (non-hydrogen) atoms. The van der Waals surface area contributed by atoms with Crippen molar-refractivity contribution in [2.24, 2.45) is 0 Å². The summed E-state index contributed by atoms with van der Waals surface area (Å²) in [6, 6.07) is 42.4. The number of para-hydroxylation sites is 1. The minimum Gasteiger partial charge on any atom is -0.465 e. The maximum absolute atomic E-state index is 16.4. The van der Waals surface area contributed by atoms with E-state index in [1.54, 1.807) is 6.07 Å². The Balaban J connectivity index is 1.65. The maximum Gasteiger partial charge on any atom is 0.409 e. The molecule has 0 aliphatic carbocycles. The molecule has 2 N–H and O–H groups in total. The lowest BCUT2D eigenvalue weighted by molar-refractivity contribution is 0.209. The summed E-state index contributed by atoms with van der Waals surface area (Å²) >= 11 is 0. The maximum atomic E-state index is 16.4. The second kappa shape index (κ2) is 10.1. The van der Waals surface area contributed by atoms with Gasteiger partial charge in [-0.25, -0.2) is 13.9 Å². The lowest BCUT2D eigenvalue weighted by Crippen LogP contribution is -2.38. The van der Waals surface area contributed by atoms with Gasteiger partial charge in [-0.05, 0) is 41.0 Å². The van der Waals surface area contributed by atoms with Gasteiger partial charge in [0, 0.05) is 5.39 Å². The first-order valence-corrected chi connectivity index (χ1v) is 13.4. The molecule has 0 bridgehead atoms. The fraction of sp³-hybridized carbons (Fsp3) is 0.0286. The number of amides is 1. The molecule has 0 aliphatic heterocycles. The summed E-state index contributed by atoms with van der Waals surface area (Å²) in [5.74, 6) is -0.367. The molecule has 0 aliphatic rings. The third-order valence-corrected chi connectivity index (χ3v) is 7.58. The van der Waals surface area contributed by atoms with E-state index in [1.165, 1.54) is 6.07 Å². The molecule has 0 saturated heterocycles. The van der Waals surface area contributed by atoms with Gasteiger partial charge in [0.05, 0.1) is 16.6 Å². The van der Waals surface area contributed by atoms with Gasteiger partial charge in [-0.3, -0.25) is 5.32 Å². The van der Waals surface area contributed by atoms with Crippen LogP contribution in [0, 0.1) is 5.82 Å². The highest BCUT2D eigenvalue weighted by molar-refractivity contribution is 5.99. The number of carboxylic acid groups (broad SMARTS) is 1. The van der Waals surface area contributed by atoms with Gasteiger partial charge in [0.25, 0.3) is 0 Å². The molecule has 6 nitrogen and oxygen atoms in total. The number of anilines is 1. The van der Waals surface area contributed by atoms with E-state index in [-0.39, 0.29) is 16.8 Å². The number of furan rings is 1. The van der Waals surface area contributed by atoms with Crippen LogP contribution in [0.25, 0.3) is 33.3 Å². The lowest BCUT2D eigenvalue weighted by atomic mass is 9.77. The molecule has 7 rings (SSSR count). The molecule has 2 heterocycles. The first-order valence-electron chi connectivity index (χ1n) is 13.4. The van der Waals surface area contributed by atoms with Crippen LogP contribution in [0.4, 0.5) is 14.9 Å². The van der Waals surface area contributed by atoms with E-state index in [4.69, 9.17) is 9.52 Å². The smallest absolute Gasteiger partial charge is 0.409 e. The predicted octanol–water partition coefficient (Wildman–Crippen LogP) is 8.52. The molecule has 7 heteroatoms. The number of halogens is 1. The Morgan fingerprint density at radius 3 is 1.86 bits per heavy atom. The molecule has 0 radical (unpaired) electrons. The Morgan fingerprint density at radius 2 is 1.31 bits per heavy atom. The van der Waals surface area contributed by atoms with Crippen LogP contribution in [0.15, 0.2) is 138 Å². The van der Waals surface area contributed by atoms with Crippen LogP contribution in [0.2, 0.25) is 0 Å². The first kappa shape index (κ1) is 25.3. The minimum atomic E-state index is -1.36. The number of aromatic nitrogens is 2. The molecule has 7 aromatic rings. The summed E-state index contributed by atoms with van der Waals surface area (Å²) in [7, 11) is 0. The number of nitrogens with one attached hydrogen (secondary N) is 1. The van der Waals surface area contributed by atoms with Gasteiger partial charge in [-0.2, -0.15) is 5.10 Å². The highest BCUT2D eigenvalue weighted by Gasteiger charge is 2.41. The van der Waals surface area contributed by atoms with Crippen molar-refractivity contribution in [2.45, 2.75) is 5.54 Å². The number of rotatable bonds is 6. The Morgan fingerprint density at radius 1 is 0.762 bits per heavy atom. The van der Waals surface area contributed by atoms with Crippen molar-refractivity contribution in [2.75, 3.05) is 5.32 Å².